The molecule has 7 nitrogen and oxygen atoms in total. The van der Waals surface area contributed by atoms with Crippen LogP contribution in [0, 0.1) is 11.3 Å². The molecule has 0 fully saturated rings. The lowest BCUT2D eigenvalue weighted by molar-refractivity contribution is -0.140. The number of nitrogens with zero attached hydrogens (tertiary/aromatic N) is 2. The second-order valence-corrected chi connectivity index (χ2v) is 8.71. The fourth-order valence-corrected chi connectivity index (χ4v) is 4.18. The predicted molar refractivity (Wildman–Crippen MR) is 143 cm³/mol. The molecular formula is C31H28N2O5. The summed E-state index contributed by atoms with van der Waals surface area (Å²) in [5.74, 6) is 0.830. The van der Waals surface area contributed by atoms with Gasteiger partial charge in [0.2, 0.25) is 0 Å². The van der Waals surface area contributed by atoms with E-state index < -0.39 is 11.8 Å². The first kappa shape index (κ1) is 26.2. The van der Waals surface area contributed by atoms with Crippen molar-refractivity contribution in [3.05, 3.63) is 106 Å². The van der Waals surface area contributed by atoms with E-state index >= 15 is 0 Å². The van der Waals surface area contributed by atoms with Gasteiger partial charge in [-0.05, 0) is 65.9 Å². The van der Waals surface area contributed by atoms with Crippen molar-refractivity contribution in [2.75, 3.05) is 20.8 Å². The largest absolute Gasteiger partial charge is 0.493 e. The highest BCUT2D eigenvalue weighted by Gasteiger charge is 2.35. The lowest BCUT2D eigenvalue weighted by Gasteiger charge is -2.27. The smallest absolute Gasteiger partial charge is 0.271 e. The number of imide groups is 1. The molecule has 0 N–H and O–H groups in total. The summed E-state index contributed by atoms with van der Waals surface area (Å²) >= 11 is 0. The monoisotopic (exact) mass is 508 g/mol. The summed E-state index contributed by atoms with van der Waals surface area (Å²) in [6.07, 6.45) is 2.10. The number of hydrogen-bond donors (Lipinski definition) is 0. The zero-order chi connectivity index (χ0) is 27.1. The average molecular weight is 509 g/mol. The quantitative estimate of drug-likeness (QED) is 0.295. The maximum Gasteiger partial charge on any atom is 0.271 e. The Kier molecular flexibility index (Phi) is 8.24. The third-order valence-corrected chi connectivity index (χ3v) is 6.34. The molecule has 0 aromatic heterocycles. The molecule has 0 saturated carbocycles. The van der Waals surface area contributed by atoms with Crippen LogP contribution in [0.1, 0.15) is 23.6 Å². The Morgan fingerprint density at radius 1 is 0.868 bits per heavy atom. The van der Waals surface area contributed by atoms with Gasteiger partial charge in [-0.15, -0.1) is 0 Å². The van der Waals surface area contributed by atoms with E-state index in [2.05, 4.69) is 0 Å². The number of carbonyl (C=O) groups excluding carboxylic acids is 2. The maximum absolute atomic E-state index is 13.4. The maximum atomic E-state index is 13.4. The standard InChI is InChI=1S/C31H28N2O5/c1-21-26(17-22-9-12-25(13-10-22)38-20-24-7-5-4-6-8-24)30(34)33(31(35)27(21)19-32)16-15-23-11-14-28(36-2)29(18-23)37-3/h4-14,17-18H,15-16,20H2,1-3H3/b26-17+. The lowest BCUT2D eigenvalue weighted by Crippen LogP contribution is -2.43. The molecule has 4 rings (SSSR count). The van der Waals surface area contributed by atoms with Crippen LogP contribution < -0.4 is 14.2 Å². The Labute approximate surface area is 222 Å². The molecule has 1 aliphatic heterocycles. The summed E-state index contributed by atoms with van der Waals surface area (Å²) in [5.41, 5.74) is 3.33. The Morgan fingerprint density at radius 2 is 1.58 bits per heavy atom. The van der Waals surface area contributed by atoms with Gasteiger partial charge < -0.3 is 14.2 Å². The van der Waals surface area contributed by atoms with Crippen molar-refractivity contribution in [1.29, 1.82) is 5.26 Å². The number of nitriles is 1. The van der Waals surface area contributed by atoms with E-state index in [-0.39, 0.29) is 12.1 Å². The van der Waals surface area contributed by atoms with E-state index in [1.165, 1.54) is 0 Å². The van der Waals surface area contributed by atoms with Gasteiger partial charge in [-0.1, -0.05) is 48.5 Å². The molecular weight excluding hydrogens is 480 g/mol. The van der Waals surface area contributed by atoms with Crippen molar-refractivity contribution < 1.29 is 23.8 Å². The van der Waals surface area contributed by atoms with Gasteiger partial charge >= 0.3 is 0 Å². The van der Waals surface area contributed by atoms with Crippen molar-refractivity contribution in [3.8, 4) is 23.3 Å². The van der Waals surface area contributed by atoms with Crippen LogP contribution in [0.25, 0.3) is 6.08 Å². The minimum atomic E-state index is -0.586. The highest BCUT2D eigenvalue weighted by atomic mass is 16.5. The van der Waals surface area contributed by atoms with E-state index in [9.17, 15) is 14.9 Å². The first-order valence-corrected chi connectivity index (χ1v) is 12.1. The van der Waals surface area contributed by atoms with Gasteiger partial charge in [0, 0.05) is 12.1 Å². The van der Waals surface area contributed by atoms with Crippen LogP contribution in [0.3, 0.4) is 0 Å². The second-order valence-electron chi connectivity index (χ2n) is 8.71. The van der Waals surface area contributed by atoms with Crippen LogP contribution in [0.4, 0.5) is 0 Å². The van der Waals surface area contributed by atoms with E-state index in [1.807, 2.05) is 72.8 Å². The molecule has 0 saturated heterocycles. The molecule has 1 heterocycles. The van der Waals surface area contributed by atoms with E-state index in [1.54, 1.807) is 33.3 Å². The number of hydrogen-bond acceptors (Lipinski definition) is 6. The summed E-state index contributed by atoms with van der Waals surface area (Å²) in [7, 11) is 3.10. The molecule has 0 radical (unpaired) electrons. The van der Waals surface area contributed by atoms with Crippen molar-refractivity contribution in [3.63, 3.8) is 0 Å². The summed E-state index contributed by atoms with van der Waals surface area (Å²) in [4.78, 5) is 27.5. The Balaban J connectivity index is 1.52. The van der Waals surface area contributed by atoms with E-state index in [0.29, 0.717) is 41.4 Å². The minimum Gasteiger partial charge on any atom is -0.493 e. The number of rotatable bonds is 9. The van der Waals surface area contributed by atoms with Gasteiger partial charge in [0.25, 0.3) is 11.8 Å². The van der Waals surface area contributed by atoms with E-state index in [0.717, 1.165) is 21.6 Å². The molecule has 0 atom stereocenters. The minimum absolute atomic E-state index is 0.0361. The lowest BCUT2D eigenvalue weighted by atomic mass is 9.93. The second kappa shape index (κ2) is 11.9. The van der Waals surface area contributed by atoms with Crippen LogP contribution in [-0.2, 0) is 22.6 Å². The first-order chi connectivity index (χ1) is 18.4. The highest BCUT2D eigenvalue weighted by Crippen LogP contribution is 2.30. The highest BCUT2D eigenvalue weighted by molar-refractivity contribution is 6.19. The summed E-state index contributed by atoms with van der Waals surface area (Å²) < 4.78 is 16.5. The molecule has 3 aromatic rings. The third-order valence-electron chi connectivity index (χ3n) is 6.34. The molecule has 0 spiro atoms. The number of ether oxygens (including phenoxy) is 3. The summed E-state index contributed by atoms with van der Waals surface area (Å²) in [6.45, 7) is 2.20. The van der Waals surface area contributed by atoms with Gasteiger partial charge in [0.05, 0.1) is 14.2 Å². The van der Waals surface area contributed by atoms with E-state index in [4.69, 9.17) is 14.2 Å². The molecule has 0 unspecified atom stereocenters. The van der Waals surface area contributed by atoms with Crippen molar-refractivity contribution in [1.82, 2.24) is 4.90 Å². The number of carbonyl (C=O) groups is 2. The average Bonchev–Trinajstić information content (AvgIpc) is 2.95. The molecule has 192 valence electrons. The van der Waals surface area contributed by atoms with Gasteiger partial charge in [0.15, 0.2) is 11.5 Å². The Morgan fingerprint density at radius 3 is 2.24 bits per heavy atom. The fourth-order valence-electron chi connectivity index (χ4n) is 4.18. The fraction of sp³-hybridized carbons (Fsp3) is 0.194. The normalized spacial score (nSPS) is 14.5. The summed E-state index contributed by atoms with van der Waals surface area (Å²) in [6, 6.07) is 24.6. The van der Waals surface area contributed by atoms with Crippen LogP contribution >= 0.6 is 0 Å². The molecule has 7 heteroatoms. The van der Waals surface area contributed by atoms with Crippen LogP contribution in [0.2, 0.25) is 0 Å². The van der Waals surface area contributed by atoms with Gasteiger partial charge in [-0.25, -0.2) is 0 Å². The van der Waals surface area contributed by atoms with Crippen molar-refractivity contribution >= 4 is 17.9 Å². The molecule has 1 aliphatic rings. The van der Waals surface area contributed by atoms with Crippen LogP contribution in [0.15, 0.2) is 89.5 Å². The van der Waals surface area contributed by atoms with Crippen molar-refractivity contribution in [2.45, 2.75) is 20.0 Å². The molecule has 2 amide bonds. The van der Waals surface area contributed by atoms with Gasteiger partial charge in [0.1, 0.15) is 24.0 Å². The predicted octanol–water partition coefficient (Wildman–Crippen LogP) is 5.12. The number of methoxy groups -OCH3 is 2. The summed E-state index contributed by atoms with van der Waals surface area (Å²) in [5, 5.41) is 9.68. The van der Waals surface area contributed by atoms with Gasteiger partial charge in [-0.3, -0.25) is 14.5 Å². The topological polar surface area (TPSA) is 88.9 Å². The van der Waals surface area contributed by atoms with Crippen LogP contribution in [-0.4, -0.2) is 37.5 Å². The molecule has 38 heavy (non-hydrogen) atoms. The Hall–Kier alpha value is -4.83. The molecule has 0 bridgehead atoms. The first-order valence-electron chi connectivity index (χ1n) is 12.1. The third kappa shape index (κ3) is 5.76. The zero-order valence-electron chi connectivity index (χ0n) is 21.6. The molecule has 0 aliphatic carbocycles. The van der Waals surface area contributed by atoms with Crippen LogP contribution in [0.5, 0.6) is 17.2 Å². The van der Waals surface area contributed by atoms with Crippen molar-refractivity contribution in [2.24, 2.45) is 0 Å². The number of benzene rings is 3. The SMILES string of the molecule is COc1ccc(CCN2C(=O)C(C#N)=C(C)/C(=C\c3ccc(OCc4ccccc4)cc3)C2=O)cc1OC. The molecule has 3 aromatic carbocycles. The zero-order valence-corrected chi connectivity index (χ0v) is 21.6. The number of amides is 2. The van der Waals surface area contributed by atoms with Gasteiger partial charge in [-0.2, -0.15) is 5.26 Å². The Bertz CT molecular complexity index is 1430.